The summed E-state index contributed by atoms with van der Waals surface area (Å²) in [6.45, 7) is 3.67. The van der Waals surface area contributed by atoms with Crippen molar-refractivity contribution in [2.24, 2.45) is 4.99 Å². The Morgan fingerprint density at radius 2 is 1.88 bits per heavy atom. The van der Waals surface area contributed by atoms with Gasteiger partial charge in [-0.1, -0.05) is 12.1 Å². The molecule has 178 valence electrons. The number of halogens is 3. The van der Waals surface area contributed by atoms with Gasteiger partial charge in [0.15, 0.2) is 5.82 Å². The number of hydrogen-bond donors (Lipinski definition) is 3. The third kappa shape index (κ3) is 5.60. The Morgan fingerprint density at radius 3 is 2.56 bits per heavy atom. The van der Waals surface area contributed by atoms with Crippen molar-refractivity contribution in [3.05, 3.63) is 83.3 Å². The second-order valence-electron chi connectivity index (χ2n) is 7.64. The molecule has 3 rings (SSSR count). The van der Waals surface area contributed by atoms with Gasteiger partial charge in [0.25, 0.3) is 10.0 Å². The van der Waals surface area contributed by atoms with E-state index in [2.05, 4.69) is 9.98 Å². The summed E-state index contributed by atoms with van der Waals surface area (Å²) < 4.78 is 70.0. The molecule has 0 bridgehead atoms. The predicted octanol–water partition coefficient (Wildman–Crippen LogP) is 4.51. The van der Waals surface area contributed by atoms with E-state index in [0.717, 1.165) is 12.1 Å². The quantitative estimate of drug-likeness (QED) is 0.403. The number of benzene rings is 2. The van der Waals surface area contributed by atoms with Crippen LogP contribution >= 0.6 is 0 Å². The van der Waals surface area contributed by atoms with Crippen molar-refractivity contribution in [3.63, 3.8) is 0 Å². The first-order chi connectivity index (χ1) is 16.0. The fraction of sp³-hybridized carbons (Fsp3) is 0.174. The minimum absolute atomic E-state index is 0.0985. The molecule has 2 aromatic carbocycles. The van der Waals surface area contributed by atoms with Crippen molar-refractivity contribution in [2.75, 3.05) is 10.5 Å². The van der Waals surface area contributed by atoms with E-state index in [4.69, 9.17) is 11.1 Å². The molecule has 0 spiro atoms. The highest BCUT2D eigenvalue weighted by molar-refractivity contribution is 7.92. The molecule has 0 aliphatic rings. The third-order valence-corrected chi connectivity index (χ3v) is 6.11. The highest BCUT2D eigenvalue weighted by atomic mass is 32.2. The van der Waals surface area contributed by atoms with Gasteiger partial charge in [-0.15, -0.1) is 0 Å². The van der Waals surface area contributed by atoms with Gasteiger partial charge in [-0.3, -0.25) is 9.71 Å². The van der Waals surface area contributed by atoms with Crippen LogP contribution in [0.3, 0.4) is 0 Å². The molecule has 0 amide bonds. The summed E-state index contributed by atoms with van der Waals surface area (Å²) >= 11 is 0. The Kier molecular flexibility index (Phi) is 7.35. The molecule has 0 aliphatic carbocycles. The molecule has 11 heteroatoms. The number of hydrogen-bond acceptors (Lipinski definition) is 6. The third-order valence-electron chi connectivity index (χ3n) is 4.72. The SMILES string of the molecule is CC(C)N=CC(C(=N)c1cccc(NS(=O)(=O)c2cc(F)ccc2F)c1F)c1ccnc(N)c1. The maximum absolute atomic E-state index is 15.4. The molecule has 1 aromatic heterocycles. The van der Waals surface area contributed by atoms with Crippen molar-refractivity contribution in [1.29, 1.82) is 5.41 Å². The van der Waals surface area contributed by atoms with Gasteiger partial charge in [0.2, 0.25) is 0 Å². The number of nitrogens with zero attached hydrogens (tertiary/aromatic N) is 2. The molecule has 1 heterocycles. The number of nitrogens with two attached hydrogens (primary N) is 1. The van der Waals surface area contributed by atoms with Gasteiger partial charge in [-0.25, -0.2) is 26.6 Å². The Hall–Kier alpha value is -3.73. The van der Waals surface area contributed by atoms with Crippen molar-refractivity contribution >= 4 is 33.5 Å². The molecule has 4 N–H and O–H groups in total. The first-order valence-electron chi connectivity index (χ1n) is 10.1. The molecule has 0 radical (unpaired) electrons. The van der Waals surface area contributed by atoms with Gasteiger partial charge < -0.3 is 11.1 Å². The summed E-state index contributed by atoms with van der Waals surface area (Å²) in [4.78, 5) is 7.26. The fourth-order valence-electron chi connectivity index (χ4n) is 3.11. The smallest absolute Gasteiger partial charge is 0.265 e. The number of rotatable bonds is 8. The maximum Gasteiger partial charge on any atom is 0.265 e. The number of anilines is 2. The average Bonchev–Trinajstić information content (AvgIpc) is 2.76. The molecule has 0 saturated carbocycles. The van der Waals surface area contributed by atoms with Crippen molar-refractivity contribution < 1.29 is 21.6 Å². The first-order valence-corrected chi connectivity index (χ1v) is 11.6. The van der Waals surface area contributed by atoms with Crippen molar-refractivity contribution in [3.8, 4) is 0 Å². The van der Waals surface area contributed by atoms with E-state index in [1.54, 1.807) is 6.07 Å². The minimum Gasteiger partial charge on any atom is -0.384 e. The summed E-state index contributed by atoms with van der Waals surface area (Å²) in [7, 11) is -4.66. The Morgan fingerprint density at radius 1 is 1.15 bits per heavy atom. The number of sulfonamides is 1. The maximum atomic E-state index is 15.4. The highest BCUT2D eigenvalue weighted by Gasteiger charge is 2.25. The minimum atomic E-state index is -4.66. The summed E-state index contributed by atoms with van der Waals surface area (Å²) in [6.07, 6.45) is 2.93. The molecule has 0 saturated heterocycles. The molecular weight excluding hydrogens is 467 g/mol. The van der Waals surface area contributed by atoms with E-state index < -0.39 is 44.0 Å². The zero-order chi connectivity index (χ0) is 25.0. The van der Waals surface area contributed by atoms with Crippen LogP contribution in [0.4, 0.5) is 24.7 Å². The number of nitrogen functional groups attached to an aromatic ring is 1. The van der Waals surface area contributed by atoms with Crippen molar-refractivity contribution in [1.82, 2.24) is 4.98 Å². The van der Waals surface area contributed by atoms with Gasteiger partial charge in [-0.05, 0) is 55.8 Å². The van der Waals surface area contributed by atoms with Gasteiger partial charge in [0.05, 0.1) is 17.3 Å². The molecule has 0 aliphatic heterocycles. The summed E-state index contributed by atoms with van der Waals surface area (Å²) in [5.74, 6) is -3.83. The molecule has 1 atom stereocenters. The van der Waals surface area contributed by atoms with Crippen LogP contribution in [0.25, 0.3) is 0 Å². The molecule has 34 heavy (non-hydrogen) atoms. The molecule has 0 fully saturated rings. The van der Waals surface area contributed by atoms with Crippen LogP contribution in [0.2, 0.25) is 0 Å². The lowest BCUT2D eigenvalue weighted by Crippen LogP contribution is -2.20. The summed E-state index contributed by atoms with van der Waals surface area (Å²) in [6, 6.07) is 8.72. The van der Waals surface area contributed by atoms with Crippen LogP contribution in [0.15, 0.2) is 64.6 Å². The van der Waals surface area contributed by atoms with E-state index in [1.165, 1.54) is 30.6 Å². The first kappa shape index (κ1) is 24.9. The van der Waals surface area contributed by atoms with Gasteiger partial charge in [0.1, 0.15) is 22.3 Å². The monoisotopic (exact) mass is 489 g/mol. The molecule has 1 unspecified atom stereocenters. The van der Waals surface area contributed by atoms with Crippen LogP contribution in [0, 0.1) is 22.9 Å². The highest BCUT2D eigenvalue weighted by Crippen LogP contribution is 2.28. The molecule has 7 nitrogen and oxygen atoms in total. The van der Waals surface area contributed by atoms with Crippen LogP contribution < -0.4 is 10.5 Å². The standard InChI is InChI=1S/C23H22F3N5O2S/c1-13(2)30-12-17(14-8-9-29-21(27)10-14)23(28)16-4-3-5-19(22(16)26)31-34(32,33)20-11-15(24)6-7-18(20)25/h3-13,17,28,31H,1-2H3,(H2,27,29). The van der Waals surface area contributed by atoms with Gasteiger partial charge in [0, 0.05) is 24.0 Å². The zero-order valence-electron chi connectivity index (χ0n) is 18.3. The van der Waals surface area contributed by atoms with Crippen LogP contribution in [0.5, 0.6) is 0 Å². The second-order valence-corrected chi connectivity index (χ2v) is 9.30. The zero-order valence-corrected chi connectivity index (χ0v) is 19.1. The summed E-state index contributed by atoms with van der Waals surface area (Å²) in [5, 5.41) is 8.65. The lowest BCUT2D eigenvalue weighted by Gasteiger charge is -2.18. The largest absolute Gasteiger partial charge is 0.384 e. The molecular formula is C23H22F3N5O2S. The van der Waals surface area contributed by atoms with E-state index >= 15 is 4.39 Å². The van der Waals surface area contributed by atoms with Crippen molar-refractivity contribution in [2.45, 2.75) is 30.7 Å². The van der Waals surface area contributed by atoms with Crippen LogP contribution in [-0.4, -0.2) is 31.4 Å². The average molecular weight is 490 g/mol. The Bertz CT molecular complexity index is 1360. The van der Waals surface area contributed by atoms with E-state index in [-0.39, 0.29) is 23.1 Å². The Balaban J connectivity index is 2.02. The van der Waals surface area contributed by atoms with E-state index in [1.807, 2.05) is 18.6 Å². The van der Waals surface area contributed by atoms with Crippen LogP contribution in [0.1, 0.15) is 30.9 Å². The number of aliphatic imine (C=N–C) groups is 1. The lowest BCUT2D eigenvalue weighted by molar-refractivity contribution is 0.555. The second kappa shape index (κ2) is 10.0. The van der Waals surface area contributed by atoms with E-state index in [0.29, 0.717) is 17.7 Å². The van der Waals surface area contributed by atoms with E-state index in [9.17, 15) is 17.2 Å². The lowest BCUT2D eigenvalue weighted by atomic mass is 9.90. The predicted molar refractivity (Wildman–Crippen MR) is 125 cm³/mol. The van der Waals surface area contributed by atoms with Gasteiger partial charge in [-0.2, -0.15) is 0 Å². The topological polar surface area (TPSA) is 121 Å². The summed E-state index contributed by atoms with van der Waals surface area (Å²) in [5.41, 5.74) is 5.34. The normalized spacial score (nSPS) is 12.8. The van der Waals surface area contributed by atoms with Gasteiger partial charge >= 0.3 is 0 Å². The Labute approximate surface area is 195 Å². The number of nitrogens with one attached hydrogen (secondary N) is 2. The molecule has 3 aromatic rings. The van der Waals surface area contributed by atoms with Crippen LogP contribution in [-0.2, 0) is 10.0 Å². The number of aromatic nitrogens is 1. The fourth-order valence-corrected chi connectivity index (χ4v) is 4.26. The number of pyridine rings is 1.